The largest absolute Gasteiger partial charge is 0.497 e. The molecular formula is C17H15N3O2S. The average molecular weight is 325 g/mol. The molecule has 0 atom stereocenters. The number of nitrogens with zero attached hydrogens (tertiary/aromatic N) is 2. The second-order valence-electron chi connectivity index (χ2n) is 4.94. The van der Waals surface area contributed by atoms with Gasteiger partial charge in [0.05, 0.1) is 18.4 Å². The molecule has 3 aromatic rings. The molecule has 3 rings (SSSR count). The fourth-order valence-corrected chi connectivity index (χ4v) is 3.27. The van der Waals surface area contributed by atoms with Gasteiger partial charge in [0.1, 0.15) is 10.8 Å². The van der Waals surface area contributed by atoms with Crippen LogP contribution in [0.25, 0.3) is 21.8 Å². The summed E-state index contributed by atoms with van der Waals surface area (Å²) >= 11 is 1.51. The number of aryl methyl sites for hydroxylation is 1. The summed E-state index contributed by atoms with van der Waals surface area (Å²) in [6.45, 7) is 2.00. The predicted molar refractivity (Wildman–Crippen MR) is 90.6 cm³/mol. The van der Waals surface area contributed by atoms with Crippen LogP contribution in [0.4, 0.5) is 0 Å². The minimum absolute atomic E-state index is 0.426. The smallest absolute Gasteiger partial charge is 0.249 e. The van der Waals surface area contributed by atoms with E-state index in [0.717, 1.165) is 26.9 Å². The Morgan fingerprint density at radius 2 is 1.96 bits per heavy atom. The predicted octanol–water partition coefficient (Wildman–Crippen LogP) is 3.29. The van der Waals surface area contributed by atoms with Crippen LogP contribution < -0.4 is 10.5 Å². The molecule has 1 amide bonds. The SMILES string of the molecule is COc1ccc(-c2nc(-c3cnccc3C(N)=O)sc2C)cc1. The summed E-state index contributed by atoms with van der Waals surface area (Å²) in [7, 11) is 1.63. The van der Waals surface area contributed by atoms with E-state index in [4.69, 9.17) is 10.5 Å². The Labute approximate surface area is 137 Å². The normalized spacial score (nSPS) is 10.5. The summed E-state index contributed by atoms with van der Waals surface area (Å²) < 4.78 is 5.17. The van der Waals surface area contributed by atoms with Gasteiger partial charge < -0.3 is 10.5 Å². The lowest BCUT2D eigenvalue weighted by atomic mass is 10.1. The number of primary amides is 1. The van der Waals surface area contributed by atoms with Crippen molar-refractivity contribution in [3.05, 3.63) is 53.2 Å². The maximum atomic E-state index is 11.6. The van der Waals surface area contributed by atoms with Gasteiger partial charge in [-0.15, -0.1) is 11.3 Å². The van der Waals surface area contributed by atoms with Gasteiger partial charge in [-0.3, -0.25) is 9.78 Å². The minimum atomic E-state index is -0.485. The first-order chi connectivity index (χ1) is 11.1. The number of ether oxygens (including phenoxy) is 1. The molecule has 116 valence electrons. The number of benzene rings is 1. The number of pyridine rings is 1. The highest BCUT2D eigenvalue weighted by molar-refractivity contribution is 7.15. The number of hydrogen-bond donors (Lipinski definition) is 1. The van der Waals surface area contributed by atoms with E-state index >= 15 is 0 Å². The van der Waals surface area contributed by atoms with Crippen molar-refractivity contribution in [2.75, 3.05) is 7.11 Å². The van der Waals surface area contributed by atoms with E-state index < -0.39 is 5.91 Å². The lowest BCUT2D eigenvalue weighted by Crippen LogP contribution is -2.12. The molecule has 2 heterocycles. The quantitative estimate of drug-likeness (QED) is 0.798. The summed E-state index contributed by atoms with van der Waals surface area (Å²) in [5.74, 6) is 0.311. The van der Waals surface area contributed by atoms with Crippen molar-refractivity contribution in [3.8, 4) is 27.6 Å². The molecular weight excluding hydrogens is 310 g/mol. The summed E-state index contributed by atoms with van der Waals surface area (Å²) in [4.78, 5) is 21.4. The first-order valence-electron chi connectivity index (χ1n) is 6.96. The molecule has 2 aromatic heterocycles. The van der Waals surface area contributed by atoms with Gasteiger partial charge in [-0.1, -0.05) is 0 Å². The first-order valence-corrected chi connectivity index (χ1v) is 7.78. The molecule has 0 saturated heterocycles. The fraction of sp³-hybridized carbons (Fsp3) is 0.118. The third-order valence-corrected chi connectivity index (χ3v) is 4.48. The summed E-state index contributed by atoms with van der Waals surface area (Å²) in [6.07, 6.45) is 3.17. The number of amides is 1. The average Bonchev–Trinajstić information content (AvgIpc) is 2.96. The van der Waals surface area contributed by atoms with E-state index in [9.17, 15) is 4.79 Å². The van der Waals surface area contributed by atoms with E-state index in [1.165, 1.54) is 11.3 Å². The second-order valence-corrected chi connectivity index (χ2v) is 6.14. The van der Waals surface area contributed by atoms with Gasteiger partial charge in [-0.2, -0.15) is 0 Å². The molecule has 0 unspecified atom stereocenters. The van der Waals surface area contributed by atoms with Gasteiger partial charge in [0, 0.05) is 28.4 Å². The van der Waals surface area contributed by atoms with Crippen LogP contribution in [-0.4, -0.2) is 23.0 Å². The van der Waals surface area contributed by atoms with Crippen molar-refractivity contribution in [1.82, 2.24) is 9.97 Å². The zero-order chi connectivity index (χ0) is 16.4. The Balaban J connectivity index is 2.06. The maximum absolute atomic E-state index is 11.6. The molecule has 6 heteroatoms. The molecule has 0 saturated carbocycles. The number of thiazole rings is 1. The van der Waals surface area contributed by atoms with Gasteiger partial charge in [0.25, 0.3) is 0 Å². The number of carbonyl (C=O) groups excluding carboxylic acids is 1. The Bertz CT molecular complexity index is 857. The molecule has 0 bridgehead atoms. The zero-order valence-corrected chi connectivity index (χ0v) is 13.6. The van der Waals surface area contributed by atoms with Gasteiger partial charge in [0.15, 0.2) is 0 Å². The van der Waals surface area contributed by atoms with Crippen LogP contribution in [0.1, 0.15) is 15.2 Å². The molecule has 5 nitrogen and oxygen atoms in total. The van der Waals surface area contributed by atoms with Crippen molar-refractivity contribution >= 4 is 17.2 Å². The first kappa shape index (κ1) is 15.2. The van der Waals surface area contributed by atoms with E-state index in [1.807, 2.05) is 31.2 Å². The van der Waals surface area contributed by atoms with Gasteiger partial charge in [-0.25, -0.2) is 4.98 Å². The van der Waals surface area contributed by atoms with Crippen LogP contribution in [0.2, 0.25) is 0 Å². The monoisotopic (exact) mass is 325 g/mol. The summed E-state index contributed by atoms with van der Waals surface area (Å²) in [5.41, 5.74) is 8.40. The highest BCUT2D eigenvalue weighted by Crippen LogP contribution is 2.34. The van der Waals surface area contributed by atoms with Crippen LogP contribution >= 0.6 is 11.3 Å². The Morgan fingerprint density at radius 1 is 1.22 bits per heavy atom. The molecule has 0 aliphatic rings. The van der Waals surface area contributed by atoms with Crippen LogP contribution in [0.5, 0.6) is 5.75 Å². The molecule has 2 N–H and O–H groups in total. The van der Waals surface area contributed by atoms with Gasteiger partial charge in [0.2, 0.25) is 5.91 Å². The molecule has 1 aromatic carbocycles. The zero-order valence-electron chi connectivity index (χ0n) is 12.7. The van der Waals surface area contributed by atoms with Crippen LogP contribution in [0, 0.1) is 6.92 Å². The van der Waals surface area contributed by atoms with E-state index in [-0.39, 0.29) is 0 Å². The van der Waals surface area contributed by atoms with Gasteiger partial charge in [-0.05, 0) is 37.3 Å². The third-order valence-electron chi connectivity index (χ3n) is 3.48. The number of rotatable bonds is 4. The van der Waals surface area contributed by atoms with Crippen LogP contribution in [-0.2, 0) is 0 Å². The lowest BCUT2D eigenvalue weighted by Gasteiger charge is -2.02. The molecule has 0 spiro atoms. The van der Waals surface area contributed by atoms with Crippen molar-refractivity contribution < 1.29 is 9.53 Å². The topological polar surface area (TPSA) is 78.1 Å². The molecule has 0 aliphatic carbocycles. The second kappa shape index (κ2) is 6.18. The van der Waals surface area contributed by atoms with Crippen molar-refractivity contribution in [1.29, 1.82) is 0 Å². The Kier molecular flexibility index (Phi) is 4.08. The number of carbonyl (C=O) groups is 1. The van der Waals surface area contributed by atoms with Crippen molar-refractivity contribution in [2.24, 2.45) is 5.73 Å². The maximum Gasteiger partial charge on any atom is 0.249 e. The summed E-state index contributed by atoms with van der Waals surface area (Å²) in [5, 5.41) is 0.732. The molecule has 0 aliphatic heterocycles. The highest BCUT2D eigenvalue weighted by Gasteiger charge is 2.16. The Morgan fingerprint density at radius 3 is 2.61 bits per heavy atom. The van der Waals surface area contributed by atoms with Crippen molar-refractivity contribution in [2.45, 2.75) is 6.92 Å². The number of hydrogen-bond acceptors (Lipinski definition) is 5. The van der Waals surface area contributed by atoms with Crippen molar-refractivity contribution in [3.63, 3.8) is 0 Å². The molecule has 0 radical (unpaired) electrons. The summed E-state index contributed by atoms with van der Waals surface area (Å²) in [6, 6.07) is 9.33. The number of aromatic nitrogens is 2. The fourth-order valence-electron chi connectivity index (χ4n) is 2.31. The van der Waals surface area contributed by atoms with E-state index in [1.54, 1.807) is 25.6 Å². The van der Waals surface area contributed by atoms with Gasteiger partial charge >= 0.3 is 0 Å². The standard InChI is InChI=1S/C17H15N3O2S/c1-10-15(11-3-5-12(22-2)6-4-11)20-17(23-10)14-9-19-8-7-13(14)16(18)21/h3-9H,1-2H3,(H2,18,21). The van der Waals surface area contributed by atoms with E-state index in [0.29, 0.717) is 11.1 Å². The molecule has 0 fully saturated rings. The van der Waals surface area contributed by atoms with Crippen LogP contribution in [0.15, 0.2) is 42.7 Å². The number of methoxy groups -OCH3 is 1. The number of nitrogens with two attached hydrogens (primary N) is 1. The minimum Gasteiger partial charge on any atom is -0.497 e. The molecule has 23 heavy (non-hydrogen) atoms. The highest BCUT2D eigenvalue weighted by atomic mass is 32.1. The van der Waals surface area contributed by atoms with E-state index in [2.05, 4.69) is 9.97 Å². The van der Waals surface area contributed by atoms with Crippen LogP contribution in [0.3, 0.4) is 0 Å². The third kappa shape index (κ3) is 2.93. The lowest BCUT2D eigenvalue weighted by molar-refractivity contribution is 0.100. The Hall–Kier alpha value is -2.73.